The maximum absolute atomic E-state index is 11.3. The third-order valence-corrected chi connectivity index (χ3v) is 1.84. The average Bonchev–Trinajstić information content (AvgIpc) is 2.20. The fraction of sp³-hybridized carbons (Fsp3) is 0.455. The number of carbonyl (C=O) groups excluding carboxylic acids is 1. The first-order valence-corrected chi connectivity index (χ1v) is 4.90. The van der Waals surface area contributed by atoms with Crippen LogP contribution in [0, 0.1) is 0 Å². The van der Waals surface area contributed by atoms with E-state index < -0.39 is 0 Å². The van der Waals surface area contributed by atoms with Crippen LogP contribution in [0.25, 0.3) is 0 Å². The lowest BCUT2D eigenvalue weighted by Gasteiger charge is -2.02. The van der Waals surface area contributed by atoms with Crippen molar-refractivity contribution in [3.8, 4) is 0 Å². The van der Waals surface area contributed by atoms with Crippen molar-refractivity contribution in [3.05, 3.63) is 29.6 Å². The molecule has 0 N–H and O–H groups in total. The van der Waals surface area contributed by atoms with Gasteiger partial charge in [0.1, 0.15) is 0 Å². The van der Waals surface area contributed by atoms with Gasteiger partial charge in [-0.1, -0.05) is 13.3 Å². The molecule has 1 rings (SSSR count). The molecule has 0 aromatic carbocycles. The van der Waals surface area contributed by atoms with Crippen molar-refractivity contribution in [2.24, 2.45) is 0 Å². The Morgan fingerprint density at radius 1 is 1.43 bits per heavy atom. The normalized spacial score (nSPS) is 9.86. The van der Waals surface area contributed by atoms with E-state index in [1.54, 1.807) is 19.2 Å². The fourth-order valence-electron chi connectivity index (χ4n) is 1.16. The minimum atomic E-state index is -0.303. The average molecular weight is 193 g/mol. The lowest BCUT2D eigenvalue weighted by Crippen LogP contribution is -2.05. The first kappa shape index (κ1) is 10.7. The number of aromatic nitrogens is 1. The summed E-state index contributed by atoms with van der Waals surface area (Å²) in [5.41, 5.74) is 1.53. The molecule has 0 aliphatic rings. The number of ether oxygens (including phenoxy) is 1. The Bertz CT molecular complexity index is 293. The summed E-state index contributed by atoms with van der Waals surface area (Å²) >= 11 is 0. The van der Waals surface area contributed by atoms with Gasteiger partial charge in [-0.25, -0.2) is 4.79 Å². The molecule has 0 saturated carbocycles. The Labute approximate surface area is 84.1 Å². The van der Waals surface area contributed by atoms with Crippen molar-refractivity contribution in [2.45, 2.75) is 26.7 Å². The van der Waals surface area contributed by atoms with Gasteiger partial charge < -0.3 is 4.74 Å². The smallest absolute Gasteiger partial charge is 0.339 e. The first-order chi connectivity index (χ1) is 6.77. The molecule has 3 heteroatoms. The predicted octanol–water partition coefficient (Wildman–Crippen LogP) is 2.21. The van der Waals surface area contributed by atoms with Crippen LogP contribution >= 0.6 is 0 Å². The van der Waals surface area contributed by atoms with Gasteiger partial charge in [-0.05, 0) is 25.5 Å². The first-order valence-electron chi connectivity index (χ1n) is 4.90. The molecule has 0 fully saturated rings. The van der Waals surface area contributed by atoms with Gasteiger partial charge in [-0.3, -0.25) is 4.98 Å². The zero-order valence-electron chi connectivity index (χ0n) is 8.62. The zero-order chi connectivity index (χ0) is 10.4. The molecule has 1 aromatic rings. The van der Waals surface area contributed by atoms with Crippen LogP contribution in [0.5, 0.6) is 0 Å². The molecule has 1 aromatic heterocycles. The second-order valence-corrected chi connectivity index (χ2v) is 3.01. The van der Waals surface area contributed by atoms with Crippen LogP contribution in [0.1, 0.15) is 36.3 Å². The molecule has 0 unspecified atom stereocenters. The molecule has 14 heavy (non-hydrogen) atoms. The van der Waals surface area contributed by atoms with Crippen LogP contribution in [-0.4, -0.2) is 17.6 Å². The van der Waals surface area contributed by atoms with Gasteiger partial charge in [-0.2, -0.15) is 0 Å². The highest BCUT2D eigenvalue weighted by Crippen LogP contribution is 2.04. The number of esters is 1. The van der Waals surface area contributed by atoms with Crippen LogP contribution in [-0.2, 0) is 11.2 Å². The molecule has 0 amide bonds. The summed E-state index contributed by atoms with van der Waals surface area (Å²) < 4.78 is 4.85. The number of rotatable bonds is 4. The van der Waals surface area contributed by atoms with Crippen molar-refractivity contribution >= 4 is 5.97 Å². The van der Waals surface area contributed by atoms with E-state index in [4.69, 9.17) is 4.74 Å². The highest BCUT2D eigenvalue weighted by atomic mass is 16.5. The number of hydrogen-bond acceptors (Lipinski definition) is 3. The third kappa shape index (κ3) is 2.83. The molecule has 0 bridgehead atoms. The standard InChI is InChI=1S/C11H15NO2/c1-3-5-10-7-6-9(8-12-10)11(13)14-4-2/h6-8H,3-5H2,1-2H3. The highest BCUT2D eigenvalue weighted by molar-refractivity contribution is 5.88. The Hall–Kier alpha value is -1.38. The number of carbonyl (C=O) groups is 1. The van der Waals surface area contributed by atoms with Crippen LogP contribution in [0.15, 0.2) is 18.3 Å². The van der Waals surface area contributed by atoms with Gasteiger partial charge >= 0.3 is 5.97 Å². The lowest BCUT2D eigenvalue weighted by atomic mass is 10.2. The van der Waals surface area contributed by atoms with Gasteiger partial charge in [0.25, 0.3) is 0 Å². The van der Waals surface area contributed by atoms with Crippen LogP contribution in [0.4, 0.5) is 0 Å². The molecule has 76 valence electrons. The van der Waals surface area contributed by atoms with E-state index in [9.17, 15) is 4.79 Å². The van der Waals surface area contributed by atoms with Crippen LogP contribution < -0.4 is 0 Å². The van der Waals surface area contributed by atoms with Crippen molar-refractivity contribution < 1.29 is 9.53 Å². The largest absolute Gasteiger partial charge is 0.462 e. The van der Waals surface area contributed by atoms with E-state index in [1.165, 1.54) is 0 Å². The Kier molecular flexibility index (Phi) is 4.11. The van der Waals surface area contributed by atoms with E-state index in [0.29, 0.717) is 12.2 Å². The van der Waals surface area contributed by atoms with Crippen molar-refractivity contribution in [1.82, 2.24) is 4.98 Å². The van der Waals surface area contributed by atoms with Crippen LogP contribution in [0.2, 0.25) is 0 Å². The monoisotopic (exact) mass is 193 g/mol. The second-order valence-electron chi connectivity index (χ2n) is 3.01. The minimum absolute atomic E-state index is 0.303. The van der Waals surface area contributed by atoms with Crippen LogP contribution in [0.3, 0.4) is 0 Å². The third-order valence-electron chi connectivity index (χ3n) is 1.84. The van der Waals surface area contributed by atoms with Crippen molar-refractivity contribution in [1.29, 1.82) is 0 Å². The summed E-state index contributed by atoms with van der Waals surface area (Å²) in [4.78, 5) is 15.4. The van der Waals surface area contributed by atoms with E-state index in [1.807, 2.05) is 6.07 Å². The van der Waals surface area contributed by atoms with Crippen molar-refractivity contribution in [3.63, 3.8) is 0 Å². The zero-order valence-corrected chi connectivity index (χ0v) is 8.62. The van der Waals surface area contributed by atoms with E-state index in [2.05, 4.69) is 11.9 Å². The fourth-order valence-corrected chi connectivity index (χ4v) is 1.16. The number of pyridine rings is 1. The van der Waals surface area contributed by atoms with Gasteiger partial charge in [-0.15, -0.1) is 0 Å². The number of nitrogens with zero attached hydrogens (tertiary/aromatic N) is 1. The molecule has 0 atom stereocenters. The van der Waals surface area contributed by atoms with Gasteiger partial charge in [0.05, 0.1) is 12.2 Å². The van der Waals surface area contributed by atoms with E-state index in [0.717, 1.165) is 18.5 Å². The summed E-state index contributed by atoms with van der Waals surface area (Å²) in [6.07, 6.45) is 3.58. The van der Waals surface area contributed by atoms with Gasteiger partial charge in [0, 0.05) is 11.9 Å². The molecule has 3 nitrogen and oxygen atoms in total. The molecule has 1 heterocycles. The SMILES string of the molecule is CCCc1ccc(C(=O)OCC)cn1. The van der Waals surface area contributed by atoms with Gasteiger partial charge in [0.2, 0.25) is 0 Å². The summed E-state index contributed by atoms with van der Waals surface area (Å²) in [5.74, 6) is -0.303. The van der Waals surface area contributed by atoms with E-state index in [-0.39, 0.29) is 5.97 Å². The molecular weight excluding hydrogens is 178 g/mol. The molecule has 0 radical (unpaired) electrons. The highest BCUT2D eigenvalue weighted by Gasteiger charge is 2.05. The Balaban J connectivity index is 2.67. The van der Waals surface area contributed by atoms with E-state index >= 15 is 0 Å². The summed E-state index contributed by atoms with van der Waals surface area (Å²) in [6.45, 7) is 4.28. The molecular formula is C11H15NO2. The quantitative estimate of drug-likeness (QED) is 0.688. The minimum Gasteiger partial charge on any atom is -0.462 e. The Morgan fingerprint density at radius 3 is 2.71 bits per heavy atom. The molecule has 0 saturated heterocycles. The van der Waals surface area contributed by atoms with Crippen molar-refractivity contribution in [2.75, 3.05) is 6.61 Å². The lowest BCUT2D eigenvalue weighted by molar-refractivity contribution is 0.0526. The predicted molar refractivity (Wildman–Crippen MR) is 54.2 cm³/mol. The maximum atomic E-state index is 11.3. The number of hydrogen-bond donors (Lipinski definition) is 0. The summed E-state index contributed by atoms with van der Waals surface area (Å²) in [5, 5.41) is 0. The summed E-state index contributed by atoms with van der Waals surface area (Å²) in [6, 6.07) is 3.63. The molecule has 0 aliphatic heterocycles. The Morgan fingerprint density at radius 2 is 2.21 bits per heavy atom. The topological polar surface area (TPSA) is 39.2 Å². The number of aryl methyl sites for hydroxylation is 1. The molecule has 0 spiro atoms. The summed E-state index contributed by atoms with van der Waals surface area (Å²) in [7, 11) is 0. The molecule has 0 aliphatic carbocycles. The maximum Gasteiger partial charge on any atom is 0.339 e. The van der Waals surface area contributed by atoms with Gasteiger partial charge in [0.15, 0.2) is 0 Å². The second kappa shape index (κ2) is 5.37.